The number of benzene rings is 3. The second-order valence-electron chi connectivity index (χ2n) is 11.2. The van der Waals surface area contributed by atoms with Crippen molar-refractivity contribution in [3.8, 4) is 23.3 Å². The Morgan fingerprint density at radius 1 is 0.956 bits per heavy atom. The molecule has 1 saturated heterocycles. The molecule has 0 unspecified atom stereocenters. The van der Waals surface area contributed by atoms with Crippen molar-refractivity contribution in [1.82, 2.24) is 14.5 Å². The number of nitro groups is 1. The Bertz CT molecular complexity index is 1610. The van der Waals surface area contributed by atoms with Gasteiger partial charge in [0.15, 0.2) is 0 Å². The van der Waals surface area contributed by atoms with Gasteiger partial charge in [-0.1, -0.05) is 12.1 Å². The van der Waals surface area contributed by atoms with Gasteiger partial charge in [-0.05, 0) is 78.1 Å². The zero-order chi connectivity index (χ0) is 31.6. The van der Waals surface area contributed by atoms with Crippen LogP contribution in [-0.4, -0.2) is 57.8 Å². The van der Waals surface area contributed by atoms with Crippen LogP contribution in [0.4, 0.5) is 24.7 Å². The van der Waals surface area contributed by atoms with Crippen molar-refractivity contribution in [3.05, 3.63) is 100 Å². The van der Waals surface area contributed by atoms with Gasteiger partial charge in [0.25, 0.3) is 0 Å². The quantitative estimate of drug-likeness (QED) is 0.153. The maximum Gasteiger partial charge on any atom is 0.416 e. The van der Waals surface area contributed by atoms with E-state index in [1.54, 1.807) is 4.57 Å². The molecule has 2 aliphatic heterocycles. The number of imidazole rings is 1. The van der Waals surface area contributed by atoms with E-state index in [0.717, 1.165) is 55.3 Å². The zero-order valence-electron chi connectivity index (χ0n) is 24.5. The van der Waals surface area contributed by atoms with Crippen molar-refractivity contribution in [2.24, 2.45) is 0 Å². The van der Waals surface area contributed by atoms with Crippen LogP contribution in [0.2, 0.25) is 0 Å². The summed E-state index contributed by atoms with van der Waals surface area (Å²) in [5, 5.41) is 11.0. The van der Waals surface area contributed by atoms with Crippen LogP contribution in [0.5, 0.6) is 23.3 Å². The number of alkyl halides is 3. The predicted octanol–water partition coefficient (Wildman–Crippen LogP) is 6.54. The summed E-state index contributed by atoms with van der Waals surface area (Å²) >= 11 is 0. The van der Waals surface area contributed by atoms with Gasteiger partial charge in [-0.3, -0.25) is 9.47 Å². The Morgan fingerprint density at radius 2 is 1.62 bits per heavy atom. The average Bonchev–Trinajstić information content (AvgIpc) is 3.46. The molecule has 0 amide bonds. The first-order valence-electron chi connectivity index (χ1n) is 14.6. The minimum Gasteiger partial charge on any atom is -0.490 e. The van der Waals surface area contributed by atoms with Gasteiger partial charge >= 0.3 is 18.0 Å². The van der Waals surface area contributed by atoms with E-state index in [2.05, 4.69) is 33.8 Å². The van der Waals surface area contributed by atoms with Crippen molar-refractivity contribution in [2.75, 3.05) is 31.1 Å². The summed E-state index contributed by atoms with van der Waals surface area (Å²) in [5.41, 5.74) is 1.53. The number of halogens is 3. The summed E-state index contributed by atoms with van der Waals surface area (Å²) in [4.78, 5) is 19.1. The molecule has 1 aromatic heterocycles. The van der Waals surface area contributed by atoms with E-state index < -0.39 is 16.7 Å². The molecule has 10 nitrogen and oxygen atoms in total. The van der Waals surface area contributed by atoms with Crippen molar-refractivity contribution >= 4 is 11.5 Å². The molecule has 236 valence electrons. The largest absolute Gasteiger partial charge is 0.490 e. The number of anilines is 1. The van der Waals surface area contributed by atoms with Crippen molar-refractivity contribution in [3.63, 3.8) is 0 Å². The van der Waals surface area contributed by atoms with Gasteiger partial charge in [-0.2, -0.15) is 13.2 Å². The molecule has 0 bridgehead atoms. The van der Waals surface area contributed by atoms with Crippen LogP contribution >= 0.6 is 0 Å². The van der Waals surface area contributed by atoms with E-state index in [9.17, 15) is 23.3 Å². The molecule has 3 heterocycles. The van der Waals surface area contributed by atoms with Gasteiger partial charge in [-0.15, -0.1) is 0 Å². The number of hydrogen-bond acceptors (Lipinski definition) is 8. The van der Waals surface area contributed by atoms with Crippen LogP contribution in [0.3, 0.4) is 0 Å². The number of rotatable bonds is 9. The van der Waals surface area contributed by atoms with Crippen LogP contribution in [0, 0.1) is 10.1 Å². The number of ether oxygens (including phenoxy) is 3. The van der Waals surface area contributed by atoms with Crippen molar-refractivity contribution < 1.29 is 32.3 Å². The maximum absolute atomic E-state index is 12.8. The molecule has 6 rings (SSSR count). The first-order chi connectivity index (χ1) is 21.6. The van der Waals surface area contributed by atoms with E-state index in [4.69, 9.17) is 14.2 Å². The fourth-order valence-corrected chi connectivity index (χ4v) is 5.59. The van der Waals surface area contributed by atoms with Crippen LogP contribution in [-0.2, 0) is 19.3 Å². The molecular formula is C32H32F3N5O5. The van der Waals surface area contributed by atoms with E-state index in [0.29, 0.717) is 31.1 Å². The second-order valence-corrected chi connectivity index (χ2v) is 11.2. The third-order valence-electron chi connectivity index (χ3n) is 7.94. The minimum absolute atomic E-state index is 0.224. The van der Waals surface area contributed by atoms with Gasteiger partial charge in [0, 0.05) is 55.9 Å². The maximum atomic E-state index is 12.8. The lowest BCUT2D eigenvalue weighted by atomic mass is 10.1. The lowest BCUT2D eigenvalue weighted by molar-refractivity contribution is -0.389. The molecule has 2 atom stereocenters. The summed E-state index contributed by atoms with van der Waals surface area (Å²) in [6.07, 6.45) is -2.56. The van der Waals surface area contributed by atoms with Crippen LogP contribution < -0.4 is 19.1 Å². The smallest absolute Gasteiger partial charge is 0.416 e. The molecule has 0 aliphatic carbocycles. The standard InChI is InChI=1S/C32H32F3N5O5/c1-22-18-37(19-23-2-8-27(9-3-23)44-28-10-4-24(5-11-28)32(33,34)35)16-17-39(22)25-6-12-26(13-7-25)43-21-29-14-15-38-20-30(40(41)42)36-31(38)45-29/h2-13,20,22,29H,14-19,21H2,1H3/t22-,29-/m0/s1. The molecule has 45 heavy (non-hydrogen) atoms. The fraction of sp³-hybridized carbons (Fsp3) is 0.344. The molecule has 13 heteroatoms. The lowest BCUT2D eigenvalue weighted by Gasteiger charge is -2.41. The molecular weight excluding hydrogens is 591 g/mol. The molecule has 3 aromatic carbocycles. The third kappa shape index (κ3) is 7.31. The average molecular weight is 624 g/mol. The molecule has 0 N–H and O–H groups in total. The monoisotopic (exact) mass is 623 g/mol. The molecule has 0 radical (unpaired) electrons. The lowest BCUT2D eigenvalue weighted by Crippen LogP contribution is -2.51. The highest BCUT2D eigenvalue weighted by atomic mass is 19.4. The van der Waals surface area contributed by atoms with Gasteiger partial charge < -0.3 is 29.2 Å². The van der Waals surface area contributed by atoms with Crippen LogP contribution in [0.25, 0.3) is 0 Å². The topological polar surface area (TPSA) is 95.1 Å². The third-order valence-corrected chi connectivity index (χ3v) is 7.94. The Morgan fingerprint density at radius 3 is 2.27 bits per heavy atom. The molecule has 0 spiro atoms. The van der Waals surface area contributed by atoms with Crippen LogP contribution in [0.1, 0.15) is 24.5 Å². The Hall–Kier alpha value is -4.78. The SMILES string of the molecule is C[C@H]1CN(Cc2ccc(Oc3ccc(C(F)(F)F)cc3)cc2)CCN1c1ccc(OC[C@@H]2CCn3cc([N+](=O)[O-])nc3O2)cc1. The first kappa shape index (κ1) is 30.3. The van der Waals surface area contributed by atoms with Crippen molar-refractivity contribution in [1.29, 1.82) is 0 Å². The molecule has 0 saturated carbocycles. The highest BCUT2D eigenvalue weighted by molar-refractivity contribution is 5.50. The number of fused-ring (bicyclic) bond motifs is 1. The van der Waals surface area contributed by atoms with Crippen LogP contribution in [0.15, 0.2) is 79.0 Å². The summed E-state index contributed by atoms with van der Waals surface area (Å²) in [6.45, 7) is 6.52. The number of nitrogens with zero attached hydrogens (tertiary/aromatic N) is 5. The summed E-state index contributed by atoms with van der Waals surface area (Å²) in [7, 11) is 0. The normalized spacial score (nSPS) is 18.6. The van der Waals surface area contributed by atoms with Gasteiger partial charge in [0.2, 0.25) is 0 Å². The number of piperazine rings is 1. The van der Waals surface area contributed by atoms with Gasteiger partial charge in [0.05, 0.1) is 5.56 Å². The fourth-order valence-electron chi connectivity index (χ4n) is 5.59. The highest BCUT2D eigenvalue weighted by Crippen LogP contribution is 2.32. The van der Waals surface area contributed by atoms with E-state index in [1.165, 1.54) is 18.3 Å². The second kappa shape index (κ2) is 12.7. The van der Waals surface area contributed by atoms with Gasteiger partial charge in [0.1, 0.15) is 36.2 Å². The number of aromatic nitrogens is 2. The van der Waals surface area contributed by atoms with Crippen molar-refractivity contribution in [2.45, 2.75) is 44.8 Å². The number of aryl methyl sites for hydroxylation is 1. The summed E-state index contributed by atoms with van der Waals surface area (Å²) < 4.78 is 57.5. The molecule has 2 aliphatic rings. The summed E-state index contributed by atoms with van der Waals surface area (Å²) in [6, 6.07) is 20.8. The molecule has 4 aromatic rings. The van der Waals surface area contributed by atoms with E-state index >= 15 is 0 Å². The zero-order valence-corrected chi connectivity index (χ0v) is 24.5. The van der Waals surface area contributed by atoms with E-state index in [-0.39, 0.29) is 24.0 Å². The first-order valence-corrected chi connectivity index (χ1v) is 14.6. The summed E-state index contributed by atoms with van der Waals surface area (Å²) in [5.74, 6) is 1.41. The van der Waals surface area contributed by atoms with Gasteiger partial charge in [-0.25, -0.2) is 0 Å². The number of hydrogen-bond donors (Lipinski definition) is 0. The predicted molar refractivity (Wildman–Crippen MR) is 160 cm³/mol. The Labute approximate surface area is 257 Å². The Balaban J connectivity index is 0.958. The highest BCUT2D eigenvalue weighted by Gasteiger charge is 2.30. The minimum atomic E-state index is -4.38. The molecule has 1 fully saturated rings. The Kier molecular flexibility index (Phi) is 8.52. The van der Waals surface area contributed by atoms with E-state index in [1.807, 2.05) is 36.4 Å².